The second-order valence-corrected chi connectivity index (χ2v) is 5.89. The molecule has 0 amide bonds. The topological polar surface area (TPSA) is 46.0 Å². The number of likely N-dealkylation sites (N-methyl/N-ethyl adjacent to an activating group) is 1. The first-order valence-electron chi connectivity index (χ1n) is 6.29. The molecule has 0 saturated carbocycles. The van der Waals surface area contributed by atoms with Gasteiger partial charge < -0.3 is 5.32 Å². The summed E-state index contributed by atoms with van der Waals surface area (Å²) in [6, 6.07) is 0.634. The molecule has 2 heterocycles. The van der Waals surface area contributed by atoms with E-state index in [9.17, 15) is 0 Å². The van der Waals surface area contributed by atoms with Gasteiger partial charge in [-0.2, -0.15) is 0 Å². The van der Waals surface area contributed by atoms with Crippen LogP contribution >= 0.6 is 12.4 Å². The molecule has 0 aromatic carbocycles. The van der Waals surface area contributed by atoms with Crippen LogP contribution in [-0.4, -0.2) is 46.1 Å². The molecule has 0 spiro atoms. The number of nitrogens with one attached hydrogen (secondary N) is 1. The quantitative estimate of drug-likeness (QED) is 0.900. The van der Waals surface area contributed by atoms with Crippen molar-refractivity contribution in [1.82, 2.24) is 25.2 Å². The maximum atomic E-state index is 4.24. The molecule has 1 unspecified atom stereocenters. The first-order chi connectivity index (χ1) is 7.97. The van der Waals surface area contributed by atoms with Crippen LogP contribution in [0.15, 0.2) is 6.20 Å². The number of rotatable bonds is 3. The average Bonchev–Trinajstić information content (AvgIpc) is 2.85. The molecule has 0 bridgehead atoms. The Kier molecular flexibility index (Phi) is 5.13. The predicted octanol–water partition coefficient (Wildman–Crippen LogP) is 1.25. The van der Waals surface area contributed by atoms with Gasteiger partial charge in [0.25, 0.3) is 0 Å². The summed E-state index contributed by atoms with van der Waals surface area (Å²) in [5, 5.41) is 11.8. The first-order valence-corrected chi connectivity index (χ1v) is 6.29. The lowest BCUT2D eigenvalue weighted by Gasteiger charge is -2.22. The van der Waals surface area contributed by atoms with Gasteiger partial charge in [-0.1, -0.05) is 5.21 Å². The molecule has 0 radical (unpaired) electrons. The molecular formula is C12H24ClN5. The van der Waals surface area contributed by atoms with Crippen LogP contribution < -0.4 is 5.32 Å². The van der Waals surface area contributed by atoms with Crippen LogP contribution in [0.25, 0.3) is 0 Å². The molecule has 0 aliphatic carbocycles. The third-order valence-electron chi connectivity index (χ3n) is 3.30. The molecule has 1 aliphatic rings. The highest BCUT2D eigenvalue weighted by Gasteiger charge is 2.21. The number of hydrogen-bond acceptors (Lipinski definition) is 4. The molecule has 1 N–H and O–H groups in total. The van der Waals surface area contributed by atoms with Crippen LogP contribution in [0, 0.1) is 0 Å². The van der Waals surface area contributed by atoms with Crippen molar-refractivity contribution >= 4 is 12.4 Å². The highest BCUT2D eigenvalue weighted by atomic mass is 35.5. The smallest absolute Gasteiger partial charge is 0.0967 e. The zero-order valence-corrected chi connectivity index (χ0v) is 12.5. The minimum Gasteiger partial charge on any atom is -0.315 e. The molecule has 1 atom stereocenters. The summed E-state index contributed by atoms with van der Waals surface area (Å²) >= 11 is 0. The minimum absolute atomic E-state index is 0. The molecule has 5 nitrogen and oxygen atoms in total. The Labute approximate surface area is 115 Å². The Balaban J connectivity index is 0.00000162. The van der Waals surface area contributed by atoms with E-state index < -0.39 is 0 Å². The van der Waals surface area contributed by atoms with Crippen LogP contribution in [0.2, 0.25) is 0 Å². The molecule has 1 aromatic rings. The number of aromatic nitrogens is 3. The van der Waals surface area contributed by atoms with E-state index in [4.69, 9.17) is 0 Å². The standard InChI is InChI=1S/C12H23N5.ClH/c1-12(2,3)17-9-10(14-15-17)8-16(4)11-5-6-13-7-11;/h9,11,13H,5-8H2,1-4H3;1H. The third-order valence-corrected chi connectivity index (χ3v) is 3.30. The van der Waals surface area contributed by atoms with Crippen LogP contribution in [0.3, 0.4) is 0 Å². The fourth-order valence-electron chi connectivity index (χ4n) is 2.10. The Morgan fingerprint density at radius 3 is 2.72 bits per heavy atom. The highest BCUT2D eigenvalue weighted by molar-refractivity contribution is 5.85. The van der Waals surface area contributed by atoms with E-state index in [1.54, 1.807) is 0 Å². The summed E-state index contributed by atoms with van der Waals surface area (Å²) in [4.78, 5) is 2.36. The molecule has 104 valence electrons. The van der Waals surface area contributed by atoms with Gasteiger partial charge in [0, 0.05) is 19.1 Å². The van der Waals surface area contributed by atoms with E-state index in [-0.39, 0.29) is 17.9 Å². The number of halogens is 1. The fourth-order valence-corrected chi connectivity index (χ4v) is 2.10. The van der Waals surface area contributed by atoms with Gasteiger partial charge in [0.2, 0.25) is 0 Å². The van der Waals surface area contributed by atoms with Crippen LogP contribution in [0.5, 0.6) is 0 Å². The lowest BCUT2D eigenvalue weighted by Crippen LogP contribution is -2.33. The van der Waals surface area contributed by atoms with E-state index in [1.165, 1.54) is 6.42 Å². The maximum Gasteiger partial charge on any atom is 0.0967 e. The molecule has 1 saturated heterocycles. The van der Waals surface area contributed by atoms with Crippen molar-refractivity contribution in [3.63, 3.8) is 0 Å². The summed E-state index contributed by atoms with van der Waals surface area (Å²) in [6.45, 7) is 9.50. The van der Waals surface area contributed by atoms with Crippen molar-refractivity contribution in [2.24, 2.45) is 0 Å². The minimum atomic E-state index is 0. The van der Waals surface area contributed by atoms with E-state index in [2.05, 4.69) is 54.5 Å². The summed E-state index contributed by atoms with van der Waals surface area (Å²) in [5.41, 5.74) is 1.06. The number of hydrogen-bond donors (Lipinski definition) is 1. The molecule has 2 rings (SSSR count). The van der Waals surface area contributed by atoms with Gasteiger partial charge in [-0.05, 0) is 40.8 Å². The lowest BCUT2D eigenvalue weighted by molar-refractivity contribution is 0.246. The van der Waals surface area contributed by atoms with Gasteiger partial charge in [0.1, 0.15) is 0 Å². The van der Waals surface area contributed by atoms with Crippen molar-refractivity contribution in [1.29, 1.82) is 0 Å². The van der Waals surface area contributed by atoms with Crippen LogP contribution in [0.4, 0.5) is 0 Å². The summed E-state index contributed by atoms with van der Waals surface area (Å²) in [7, 11) is 2.16. The van der Waals surface area contributed by atoms with E-state index in [0.717, 1.165) is 25.3 Å². The van der Waals surface area contributed by atoms with Gasteiger partial charge in [-0.3, -0.25) is 4.90 Å². The third kappa shape index (κ3) is 3.67. The van der Waals surface area contributed by atoms with Gasteiger partial charge in [-0.25, -0.2) is 4.68 Å². The Bertz CT molecular complexity index is 365. The lowest BCUT2D eigenvalue weighted by atomic mass is 10.1. The van der Waals surface area contributed by atoms with Gasteiger partial charge >= 0.3 is 0 Å². The van der Waals surface area contributed by atoms with Crippen molar-refractivity contribution in [3.05, 3.63) is 11.9 Å². The number of nitrogens with zero attached hydrogens (tertiary/aromatic N) is 4. The molecule has 1 aromatic heterocycles. The summed E-state index contributed by atoms with van der Waals surface area (Å²) < 4.78 is 1.93. The van der Waals surface area contributed by atoms with Gasteiger partial charge in [0.05, 0.1) is 17.4 Å². The van der Waals surface area contributed by atoms with E-state index in [0.29, 0.717) is 6.04 Å². The van der Waals surface area contributed by atoms with Gasteiger partial charge in [-0.15, -0.1) is 17.5 Å². The maximum absolute atomic E-state index is 4.24. The second kappa shape index (κ2) is 5.99. The first kappa shape index (κ1) is 15.4. The zero-order valence-electron chi connectivity index (χ0n) is 11.7. The fraction of sp³-hybridized carbons (Fsp3) is 0.833. The van der Waals surface area contributed by atoms with Crippen LogP contribution in [0.1, 0.15) is 32.9 Å². The van der Waals surface area contributed by atoms with Crippen molar-refractivity contribution in [2.45, 2.75) is 45.3 Å². The van der Waals surface area contributed by atoms with E-state index in [1.807, 2.05) is 4.68 Å². The Morgan fingerprint density at radius 2 is 2.22 bits per heavy atom. The Hall–Kier alpha value is -0.650. The highest BCUT2D eigenvalue weighted by Crippen LogP contribution is 2.14. The van der Waals surface area contributed by atoms with Gasteiger partial charge in [0.15, 0.2) is 0 Å². The van der Waals surface area contributed by atoms with Crippen molar-refractivity contribution < 1.29 is 0 Å². The molecule has 6 heteroatoms. The second-order valence-electron chi connectivity index (χ2n) is 5.89. The SMILES string of the molecule is CN(Cc1cn(C(C)(C)C)nn1)C1CCNC1.Cl. The normalized spacial score (nSPS) is 20.2. The van der Waals surface area contributed by atoms with Crippen molar-refractivity contribution in [3.8, 4) is 0 Å². The average molecular weight is 274 g/mol. The Morgan fingerprint density at radius 1 is 1.50 bits per heavy atom. The molecular weight excluding hydrogens is 250 g/mol. The van der Waals surface area contributed by atoms with Crippen LogP contribution in [-0.2, 0) is 12.1 Å². The zero-order chi connectivity index (χ0) is 12.5. The summed E-state index contributed by atoms with van der Waals surface area (Å²) in [6.07, 6.45) is 3.28. The summed E-state index contributed by atoms with van der Waals surface area (Å²) in [5.74, 6) is 0. The molecule has 1 aliphatic heterocycles. The van der Waals surface area contributed by atoms with E-state index >= 15 is 0 Å². The van der Waals surface area contributed by atoms with Crippen molar-refractivity contribution in [2.75, 3.05) is 20.1 Å². The largest absolute Gasteiger partial charge is 0.315 e. The predicted molar refractivity (Wildman–Crippen MR) is 75.0 cm³/mol. The molecule has 18 heavy (non-hydrogen) atoms. The monoisotopic (exact) mass is 273 g/mol. The molecule has 1 fully saturated rings.